The summed E-state index contributed by atoms with van der Waals surface area (Å²) in [6, 6.07) is 7.99. The molecule has 1 aromatic carbocycles. The van der Waals surface area contributed by atoms with E-state index in [1.54, 1.807) is 18.2 Å². The van der Waals surface area contributed by atoms with Crippen LogP contribution >= 0.6 is 0 Å². The second-order valence-electron chi connectivity index (χ2n) is 6.67. The van der Waals surface area contributed by atoms with Crippen LogP contribution < -0.4 is 5.32 Å². The normalized spacial score (nSPS) is 15.4. The first-order valence-electron chi connectivity index (χ1n) is 9.00. The van der Waals surface area contributed by atoms with E-state index in [0.29, 0.717) is 25.5 Å². The Morgan fingerprint density at radius 2 is 2.00 bits per heavy atom. The molecule has 6 nitrogen and oxygen atoms in total. The van der Waals surface area contributed by atoms with Gasteiger partial charge in [0.05, 0.1) is 0 Å². The molecule has 0 unspecified atom stereocenters. The summed E-state index contributed by atoms with van der Waals surface area (Å²) in [7, 11) is -3.43. The number of nitrogens with one attached hydrogen (secondary N) is 2. The fourth-order valence-corrected chi connectivity index (χ4v) is 4.87. The van der Waals surface area contributed by atoms with Crippen LogP contribution in [0.1, 0.15) is 18.4 Å². The molecule has 4 rings (SSSR count). The monoisotopic (exact) mass is 388 g/mol. The van der Waals surface area contributed by atoms with Crippen LogP contribution in [-0.2, 0) is 16.4 Å². The Labute approximate surface area is 157 Å². The van der Waals surface area contributed by atoms with Gasteiger partial charge in [0, 0.05) is 42.9 Å². The van der Waals surface area contributed by atoms with Crippen LogP contribution in [0.25, 0.3) is 10.9 Å². The predicted molar refractivity (Wildman–Crippen MR) is 103 cm³/mol. The second-order valence-corrected chi connectivity index (χ2v) is 8.61. The molecule has 1 aliphatic rings. The number of halogens is 1. The number of aromatic nitrogens is 2. The van der Waals surface area contributed by atoms with Gasteiger partial charge in [-0.3, -0.25) is 0 Å². The molecule has 0 atom stereocenters. The van der Waals surface area contributed by atoms with E-state index >= 15 is 0 Å². The number of sulfonamides is 1. The van der Waals surface area contributed by atoms with E-state index in [9.17, 15) is 12.8 Å². The van der Waals surface area contributed by atoms with Crippen LogP contribution in [0, 0.1) is 5.82 Å². The van der Waals surface area contributed by atoms with Crippen LogP contribution in [0.5, 0.6) is 0 Å². The lowest BCUT2D eigenvalue weighted by Gasteiger charge is -2.15. The number of H-pyrrole nitrogens is 1. The molecule has 0 radical (unpaired) electrons. The number of fused-ring (bicyclic) bond motifs is 1. The summed E-state index contributed by atoms with van der Waals surface area (Å²) < 4.78 is 39.8. The molecule has 0 bridgehead atoms. The van der Waals surface area contributed by atoms with Crippen LogP contribution in [0.4, 0.5) is 10.2 Å². The molecular formula is C19H21FN4O2S. The highest BCUT2D eigenvalue weighted by molar-refractivity contribution is 7.89. The van der Waals surface area contributed by atoms with E-state index < -0.39 is 10.0 Å². The number of hydrogen-bond donors (Lipinski definition) is 2. The van der Waals surface area contributed by atoms with Gasteiger partial charge in [0.25, 0.3) is 0 Å². The Balaban J connectivity index is 1.38. The van der Waals surface area contributed by atoms with Crippen LogP contribution in [0.2, 0.25) is 0 Å². The highest BCUT2D eigenvalue weighted by Crippen LogP contribution is 2.22. The van der Waals surface area contributed by atoms with E-state index in [2.05, 4.69) is 15.3 Å². The molecule has 3 aromatic rings. The molecule has 2 aromatic heterocycles. The standard InChI is InChI=1S/C19H21FN4O2S/c20-15-3-5-17-14(12-22-18(17)11-15)7-8-21-19-6-4-16(13-23-19)27(25,26)24-9-1-2-10-24/h3-6,11-13,22H,1-2,7-10H2,(H,21,23). The minimum atomic E-state index is -3.43. The van der Waals surface area contributed by atoms with Crippen molar-refractivity contribution in [3.63, 3.8) is 0 Å². The third-order valence-corrected chi connectivity index (χ3v) is 6.75. The van der Waals surface area contributed by atoms with Crippen molar-refractivity contribution in [2.75, 3.05) is 25.0 Å². The van der Waals surface area contributed by atoms with Gasteiger partial charge in [-0.15, -0.1) is 0 Å². The van der Waals surface area contributed by atoms with Gasteiger partial charge < -0.3 is 10.3 Å². The number of pyridine rings is 1. The van der Waals surface area contributed by atoms with Crippen molar-refractivity contribution in [2.24, 2.45) is 0 Å². The number of rotatable bonds is 6. The van der Waals surface area contributed by atoms with Crippen LogP contribution in [-0.4, -0.2) is 42.3 Å². The molecule has 27 heavy (non-hydrogen) atoms. The van der Waals surface area contributed by atoms with Crippen LogP contribution in [0.15, 0.2) is 47.6 Å². The highest BCUT2D eigenvalue weighted by Gasteiger charge is 2.27. The van der Waals surface area contributed by atoms with E-state index in [1.807, 2.05) is 6.20 Å². The SMILES string of the molecule is O=S(=O)(c1ccc(NCCc2c[nH]c3cc(F)ccc23)nc1)N1CCCC1. The maximum absolute atomic E-state index is 13.2. The first-order chi connectivity index (χ1) is 13.0. The zero-order valence-corrected chi connectivity index (χ0v) is 15.6. The lowest BCUT2D eigenvalue weighted by molar-refractivity contribution is 0.477. The number of benzene rings is 1. The fourth-order valence-electron chi connectivity index (χ4n) is 3.41. The number of aromatic amines is 1. The Morgan fingerprint density at radius 3 is 2.74 bits per heavy atom. The molecule has 8 heteroatoms. The average molecular weight is 388 g/mol. The van der Waals surface area contributed by atoms with Crippen molar-refractivity contribution in [2.45, 2.75) is 24.2 Å². The van der Waals surface area contributed by atoms with Gasteiger partial charge in [-0.05, 0) is 55.2 Å². The summed E-state index contributed by atoms with van der Waals surface area (Å²) in [6.07, 6.45) is 5.84. The zero-order valence-electron chi connectivity index (χ0n) is 14.8. The topological polar surface area (TPSA) is 78.1 Å². The van der Waals surface area contributed by atoms with Crippen molar-refractivity contribution in [1.82, 2.24) is 14.3 Å². The summed E-state index contributed by atoms with van der Waals surface area (Å²) in [5.74, 6) is 0.364. The van der Waals surface area contributed by atoms with Gasteiger partial charge in [0.1, 0.15) is 16.5 Å². The molecule has 0 amide bonds. The summed E-state index contributed by atoms with van der Waals surface area (Å²) in [4.78, 5) is 7.54. The van der Waals surface area contributed by atoms with Crippen molar-refractivity contribution < 1.29 is 12.8 Å². The quantitative estimate of drug-likeness (QED) is 0.680. The Kier molecular flexibility index (Phi) is 4.84. The third kappa shape index (κ3) is 3.68. The van der Waals surface area contributed by atoms with Crippen molar-refractivity contribution >= 4 is 26.7 Å². The maximum atomic E-state index is 13.2. The Morgan fingerprint density at radius 1 is 1.19 bits per heavy atom. The highest BCUT2D eigenvalue weighted by atomic mass is 32.2. The van der Waals surface area contributed by atoms with E-state index in [4.69, 9.17) is 0 Å². The molecule has 0 spiro atoms. The molecule has 142 valence electrons. The first kappa shape index (κ1) is 17.9. The molecule has 1 fully saturated rings. The molecule has 0 aliphatic carbocycles. The minimum Gasteiger partial charge on any atom is -0.370 e. The predicted octanol–water partition coefficient (Wildman–Crippen LogP) is 3.14. The van der Waals surface area contributed by atoms with Gasteiger partial charge in [-0.25, -0.2) is 17.8 Å². The second kappa shape index (κ2) is 7.28. The maximum Gasteiger partial charge on any atom is 0.244 e. The molecule has 1 saturated heterocycles. The average Bonchev–Trinajstić information content (AvgIpc) is 3.33. The van der Waals surface area contributed by atoms with Crippen molar-refractivity contribution in [3.05, 3.63) is 54.1 Å². The fraction of sp³-hybridized carbons (Fsp3) is 0.316. The van der Waals surface area contributed by atoms with E-state index in [-0.39, 0.29) is 10.7 Å². The summed E-state index contributed by atoms with van der Waals surface area (Å²) in [6.45, 7) is 1.79. The molecule has 2 N–H and O–H groups in total. The van der Waals surface area contributed by atoms with Gasteiger partial charge in [-0.1, -0.05) is 0 Å². The van der Waals surface area contributed by atoms with E-state index in [0.717, 1.165) is 35.7 Å². The summed E-state index contributed by atoms with van der Waals surface area (Å²) >= 11 is 0. The smallest absolute Gasteiger partial charge is 0.244 e. The molecular weight excluding hydrogens is 367 g/mol. The summed E-state index contributed by atoms with van der Waals surface area (Å²) in [5, 5.41) is 4.20. The lowest BCUT2D eigenvalue weighted by Crippen LogP contribution is -2.27. The minimum absolute atomic E-state index is 0.230. The zero-order chi connectivity index (χ0) is 18.9. The molecule has 0 saturated carbocycles. The van der Waals surface area contributed by atoms with Crippen molar-refractivity contribution in [3.8, 4) is 0 Å². The molecule has 1 aliphatic heterocycles. The third-order valence-electron chi connectivity index (χ3n) is 4.87. The first-order valence-corrected chi connectivity index (χ1v) is 10.4. The number of hydrogen-bond acceptors (Lipinski definition) is 4. The summed E-state index contributed by atoms with van der Waals surface area (Å²) in [5.41, 5.74) is 1.87. The number of nitrogens with zero attached hydrogens (tertiary/aromatic N) is 2. The van der Waals surface area contributed by atoms with Crippen LogP contribution in [0.3, 0.4) is 0 Å². The van der Waals surface area contributed by atoms with Gasteiger partial charge >= 0.3 is 0 Å². The van der Waals surface area contributed by atoms with E-state index in [1.165, 1.54) is 22.6 Å². The van der Waals surface area contributed by atoms with Gasteiger partial charge in [0.2, 0.25) is 10.0 Å². The van der Waals surface area contributed by atoms with Gasteiger partial charge in [-0.2, -0.15) is 4.31 Å². The lowest BCUT2D eigenvalue weighted by atomic mass is 10.1. The van der Waals surface area contributed by atoms with Gasteiger partial charge in [0.15, 0.2) is 0 Å². The van der Waals surface area contributed by atoms with Crippen molar-refractivity contribution in [1.29, 1.82) is 0 Å². The Bertz CT molecular complexity index is 1040. The number of anilines is 1. The Hall–Kier alpha value is -2.45. The molecule has 3 heterocycles. The largest absolute Gasteiger partial charge is 0.370 e.